The Bertz CT molecular complexity index is 1540. The van der Waals surface area contributed by atoms with Crippen LogP contribution in [0.15, 0.2) is 53.5 Å². The number of anilines is 2. The number of alkyl halides is 3. The number of halogens is 4. The number of carbonyl (C=O) groups excluding carboxylic acids is 2. The Morgan fingerprint density at radius 1 is 1.10 bits per heavy atom. The zero-order chi connectivity index (χ0) is 30.8. The quantitative estimate of drug-likeness (QED) is 0.329. The van der Waals surface area contributed by atoms with Gasteiger partial charge < -0.3 is 19.9 Å². The Hall–Kier alpha value is -4.19. The predicted molar refractivity (Wildman–Crippen MR) is 150 cm³/mol. The fourth-order valence-electron chi connectivity index (χ4n) is 5.11. The van der Waals surface area contributed by atoms with Gasteiger partial charge in [-0.3, -0.25) is 19.3 Å². The molecule has 4 rings (SSSR count). The molecular weight excluding hydrogens is 556 g/mol. The molecule has 1 aliphatic rings. The molecule has 0 bridgehead atoms. The molecule has 8 nitrogen and oxygen atoms in total. The largest absolute Gasteiger partial charge is 0.493 e. The van der Waals surface area contributed by atoms with Gasteiger partial charge in [-0.25, -0.2) is 4.39 Å². The average molecular weight is 589 g/mol. The highest BCUT2D eigenvalue weighted by atomic mass is 19.4. The minimum Gasteiger partial charge on any atom is -0.493 e. The van der Waals surface area contributed by atoms with Crippen molar-refractivity contribution in [2.45, 2.75) is 33.9 Å². The molecule has 2 heterocycles. The van der Waals surface area contributed by atoms with E-state index >= 15 is 4.39 Å². The molecule has 2 N–H and O–H groups in total. The summed E-state index contributed by atoms with van der Waals surface area (Å²) in [6.45, 7) is 9.65. The maximum atomic E-state index is 15.6. The van der Waals surface area contributed by atoms with Crippen molar-refractivity contribution in [3.8, 4) is 16.9 Å². The van der Waals surface area contributed by atoms with Gasteiger partial charge in [0.15, 0.2) is 0 Å². The third-order valence-electron chi connectivity index (χ3n) is 6.83. The minimum atomic E-state index is -4.75. The summed E-state index contributed by atoms with van der Waals surface area (Å²) in [6.07, 6.45) is -3.39. The van der Waals surface area contributed by atoms with Gasteiger partial charge >= 0.3 is 6.18 Å². The van der Waals surface area contributed by atoms with E-state index in [2.05, 4.69) is 29.0 Å². The SMILES string of the molecule is CCOc1cc(=O)[nH]cc1-c1ccc(N(C(C)=O)c2ccc(C(F)(F)F)cc2C(=O)NCCN2CC(C)(C)C2)c(F)c1. The Morgan fingerprint density at radius 3 is 2.38 bits per heavy atom. The molecule has 1 aliphatic heterocycles. The highest BCUT2D eigenvalue weighted by Gasteiger charge is 2.35. The van der Waals surface area contributed by atoms with Gasteiger partial charge in [0.25, 0.3) is 11.5 Å². The van der Waals surface area contributed by atoms with Gasteiger partial charge in [0.1, 0.15) is 11.6 Å². The van der Waals surface area contributed by atoms with E-state index in [1.54, 1.807) is 6.92 Å². The van der Waals surface area contributed by atoms with Gasteiger partial charge in [-0.2, -0.15) is 13.2 Å². The van der Waals surface area contributed by atoms with Crippen LogP contribution in [0, 0.1) is 11.2 Å². The number of hydrogen-bond donors (Lipinski definition) is 2. The molecule has 42 heavy (non-hydrogen) atoms. The van der Waals surface area contributed by atoms with Gasteiger partial charge in [-0.1, -0.05) is 19.9 Å². The molecular formula is C30H32F4N4O4. The lowest BCUT2D eigenvalue weighted by Crippen LogP contribution is -2.54. The van der Waals surface area contributed by atoms with Crippen LogP contribution in [0.1, 0.15) is 43.6 Å². The molecule has 224 valence electrons. The molecule has 2 amide bonds. The molecule has 0 spiro atoms. The number of nitrogens with one attached hydrogen (secondary N) is 2. The smallest absolute Gasteiger partial charge is 0.416 e. The fraction of sp³-hybridized carbons (Fsp3) is 0.367. The Kier molecular flexibility index (Phi) is 8.76. The van der Waals surface area contributed by atoms with Crippen molar-refractivity contribution in [1.82, 2.24) is 15.2 Å². The molecule has 2 aromatic carbocycles. The van der Waals surface area contributed by atoms with E-state index in [-0.39, 0.29) is 35.7 Å². The van der Waals surface area contributed by atoms with Gasteiger partial charge in [0.05, 0.1) is 29.1 Å². The van der Waals surface area contributed by atoms with Crippen LogP contribution in [-0.2, 0) is 11.0 Å². The first kappa shape index (κ1) is 30.8. The summed E-state index contributed by atoms with van der Waals surface area (Å²) in [5.74, 6) is -2.21. The summed E-state index contributed by atoms with van der Waals surface area (Å²) >= 11 is 0. The molecule has 0 radical (unpaired) electrons. The Labute approximate surface area is 240 Å². The van der Waals surface area contributed by atoms with Crippen molar-refractivity contribution in [1.29, 1.82) is 0 Å². The van der Waals surface area contributed by atoms with Crippen LogP contribution in [0.25, 0.3) is 11.1 Å². The maximum Gasteiger partial charge on any atom is 0.416 e. The zero-order valence-electron chi connectivity index (χ0n) is 23.7. The molecule has 0 saturated carbocycles. The van der Waals surface area contributed by atoms with Crippen molar-refractivity contribution < 1.29 is 31.9 Å². The second kappa shape index (κ2) is 12.0. The van der Waals surface area contributed by atoms with E-state index in [0.29, 0.717) is 23.7 Å². The number of carbonyl (C=O) groups is 2. The standard InChI is InChI=1S/C30H32F4N4O4/c1-5-42-26-14-27(40)36-15-22(26)19-6-8-25(23(31)12-19)38(18(2)39)24-9-7-20(30(32,33)34)13-21(24)28(41)35-10-11-37-16-29(3,4)17-37/h6-9,12-15H,5,10-11,16-17H2,1-4H3,(H,35,41)(H,36,40). The Morgan fingerprint density at radius 2 is 1.79 bits per heavy atom. The van der Waals surface area contributed by atoms with Gasteiger partial charge in [-0.05, 0) is 48.2 Å². The molecule has 1 aromatic heterocycles. The zero-order valence-corrected chi connectivity index (χ0v) is 23.7. The van der Waals surface area contributed by atoms with Crippen LogP contribution in [0.4, 0.5) is 28.9 Å². The van der Waals surface area contributed by atoms with Crippen LogP contribution in [0.5, 0.6) is 5.75 Å². The van der Waals surface area contributed by atoms with Gasteiger partial charge in [-0.15, -0.1) is 0 Å². The van der Waals surface area contributed by atoms with Crippen LogP contribution >= 0.6 is 0 Å². The first-order chi connectivity index (χ1) is 19.7. The highest BCUT2D eigenvalue weighted by molar-refractivity contribution is 6.08. The Balaban J connectivity index is 1.70. The minimum absolute atomic E-state index is 0.169. The number of pyridine rings is 1. The molecule has 3 aromatic rings. The molecule has 1 saturated heterocycles. The van der Waals surface area contributed by atoms with Crippen LogP contribution in [0.3, 0.4) is 0 Å². The van der Waals surface area contributed by atoms with Gasteiger partial charge in [0.2, 0.25) is 5.91 Å². The van der Waals surface area contributed by atoms with Crippen molar-refractivity contribution in [2.75, 3.05) is 37.7 Å². The van der Waals surface area contributed by atoms with Crippen molar-refractivity contribution >= 4 is 23.2 Å². The first-order valence-corrected chi connectivity index (χ1v) is 13.4. The van der Waals surface area contributed by atoms with E-state index in [4.69, 9.17) is 4.74 Å². The summed E-state index contributed by atoms with van der Waals surface area (Å²) < 4.78 is 61.9. The maximum absolute atomic E-state index is 15.6. The number of nitrogens with zero attached hydrogens (tertiary/aromatic N) is 2. The topological polar surface area (TPSA) is 94.7 Å². The lowest BCUT2D eigenvalue weighted by molar-refractivity contribution is -0.137. The normalized spacial score (nSPS) is 14.7. The number of aromatic nitrogens is 1. The van der Waals surface area contributed by atoms with Crippen LogP contribution in [0.2, 0.25) is 0 Å². The fourth-order valence-corrected chi connectivity index (χ4v) is 5.11. The number of H-pyrrole nitrogens is 1. The summed E-state index contributed by atoms with van der Waals surface area (Å²) in [5, 5.41) is 2.64. The van der Waals surface area contributed by atoms with E-state index < -0.39 is 40.5 Å². The van der Waals surface area contributed by atoms with Crippen molar-refractivity contribution in [2.24, 2.45) is 5.41 Å². The number of likely N-dealkylation sites (tertiary alicyclic amines) is 1. The summed E-state index contributed by atoms with van der Waals surface area (Å²) in [6, 6.07) is 7.47. The molecule has 0 aliphatic carbocycles. The highest BCUT2D eigenvalue weighted by Crippen LogP contribution is 2.38. The summed E-state index contributed by atoms with van der Waals surface area (Å²) in [4.78, 5) is 43.3. The second-order valence-corrected chi connectivity index (χ2v) is 10.9. The predicted octanol–water partition coefficient (Wildman–Crippen LogP) is 5.35. The number of hydrogen-bond acceptors (Lipinski definition) is 5. The molecule has 1 fully saturated rings. The van der Waals surface area contributed by atoms with E-state index in [0.717, 1.165) is 43.1 Å². The summed E-state index contributed by atoms with van der Waals surface area (Å²) in [7, 11) is 0. The molecule has 12 heteroatoms. The van der Waals surface area contributed by atoms with Crippen LogP contribution < -0.4 is 20.5 Å². The van der Waals surface area contributed by atoms with Crippen molar-refractivity contribution in [3.05, 3.63) is 76.0 Å². The van der Waals surface area contributed by atoms with Crippen molar-refractivity contribution in [3.63, 3.8) is 0 Å². The van der Waals surface area contributed by atoms with E-state index in [1.165, 1.54) is 24.4 Å². The second-order valence-electron chi connectivity index (χ2n) is 10.9. The number of rotatable bonds is 9. The lowest BCUT2D eigenvalue weighted by atomic mass is 9.84. The lowest BCUT2D eigenvalue weighted by Gasteiger charge is -2.45. The first-order valence-electron chi connectivity index (χ1n) is 13.4. The molecule has 0 atom stereocenters. The number of benzene rings is 2. The van der Waals surface area contributed by atoms with Gasteiger partial charge in [0, 0.05) is 50.9 Å². The average Bonchev–Trinajstić information content (AvgIpc) is 2.88. The van der Waals surface area contributed by atoms with E-state index in [9.17, 15) is 27.6 Å². The van der Waals surface area contributed by atoms with Crippen LogP contribution in [-0.4, -0.2) is 54.5 Å². The third-order valence-corrected chi connectivity index (χ3v) is 6.83. The monoisotopic (exact) mass is 588 g/mol. The number of amides is 2. The van der Waals surface area contributed by atoms with E-state index in [1.807, 2.05) is 0 Å². The molecule has 0 unspecified atom stereocenters. The third kappa shape index (κ3) is 6.81. The number of ether oxygens (including phenoxy) is 1. The number of aromatic amines is 1. The summed E-state index contributed by atoms with van der Waals surface area (Å²) in [5.41, 5.74) is -1.52.